The Morgan fingerprint density at radius 2 is 1.93 bits per heavy atom. The highest BCUT2D eigenvalue weighted by atomic mass is 32.2. The summed E-state index contributed by atoms with van der Waals surface area (Å²) in [6.45, 7) is 0.175. The number of ether oxygens (including phenoxy) is 2. The Hall–Kier alpha value is -2.78. The van der Waals surface area contributed by atoms with Gasteiger partial charge in [0.25, 0.3) is 5.91 Å². The molecule has 2 heterocycles. The van der Waals surface area contributed by atoms with E-state index in [1.165, 1.54) is 11.8 Å². The van der Waals surface area contributed by atoms with E-state index in [-0.39, 0.29) is 36.5 Å². The highest BCUT2D eigenvalue weighted by Crippen LogP contribution is 2.34. The number of carbonyl (C=O) groups is 2. The first kappa shape index (κ1) is 20.5. The summed E-state index contributed by atoms with van der Waals surface area (Å²) in [5.41, 5.74) is 1.06. The van der Waals surface area contributed by atoms with E-state index in [4.69, 9.17) is 9.47 Å². The lowest BCUT2D eigenvalue weighted by Crippen LogP contribution is -2.38. The third-order valence-electron chi connectivity index (χ3n) is 5.04. The maximum atomic E-state index is 12.7. The maximum absolute atomic E-state index is 12.7. The molecule has 2 aromatic rings. The van der Waals surface area contributed by atoms with E-state index < -0.39 is 0 Å². The van der Waals surface area contributed by atoms with E-state index in [2.05, 4.69) is 15.6 Å². The minimum absolute atomic E-state index is 0.0493. The molecular weight excluding hydrogens is 406 g/mol. The Bertz CT molecular complexity index is 931. The summed E-state index contributed by atoms with van der Waals surface area (Å²) in [7, 11) is 0. The van der Waals surface area contributed by atoms with Crippen LogP contribution in [0.4, 0.5) is 5.69 Å². The van der Waals surface area contributed by atoms with Gasteiger partial charge in [0.05, 0.1) is 17.4 Å². The monoisotopic (exact) mass is 429 g/mol. The molecular formula is C21H23N3O5S. The molecule has 0 saturated heterocycles. The van der Waals surface area contributed by atoms with Crippen LogP contribution in [0.25, 0.3) is 0 Å². The van der Waals surface area contributed by atoms with Crippen molar-refractivity contribution in [3.05, 3.63) is 42.1 Å². The Morgan fingerprint density at radius 1 is 1.13 bits per heavy atom. The van der Waals surface area contributed by atoms with Crippen molar-refractivity contribution in [2.45, 2.75) is 42.9 Å². The average molecular weight is 429 g/mol. The molecule has 1 aromatic carbocycles. The number of aliphatic hydroxyl groups excluding tert-OH is 1. The van der Waals surface area contributed by atoms with E-state index in [0.29, 0.717) is 40.6 Å². The van der Waals surface area contributed by atoms with Crippen molar-refractivity contribution in [3.63, 3.8) is 0 Å². The van der Waals surface area contributed by atoms with Gasteiger partial charge in [0.15, 0.2) is 11.5 Å². The zero-order valence-corrected chi connectivity index (χ0v) is 17.1. The number of rotatable bonds is 6. The molecule has 4 rings (SSSR count). The van der Waals surface area contributed by atoms with Crippen LogP contribution in [0.3, 0.4) is 0 Å². The summed E-state index contributed by atoms with van der Waals surface area (Å²) in [5, 5.41) is 16.0. The summed E-state index contributed by atoms with van der Waals surface area (Å²) in [6, 6.07) is 8.67. The van der Waals surface area contributed by atoms with Gasteiger partial charge in [-0.25, -0.2) is 4.98 Å². The van der Waals surface area contributed by atoms with E-state index in [9.17, 15) is 14.7 Å². The van der Waals surface area contributed by atoms with E-state index >= 15 is 0 Å². The molecule has 0 atom stereocenters. The van der Waals surface area contributed by atoms with Gasteiger partial charge in [-0.3, -0.25) is 9.59 Å². The summed E-state index contributed by atoms with van der Waals surface area (Å²) in [4.78, 5) is 29.3. The number of aliphatic hydroxyl groups is 1. The number of nitrogens with zero attached hydrogens (tertiary/aromatic N) is 1. The van der Waals surface area contributed by atoms with Crippen LogP contribution in [0.5, 0.6) is 11.5 Å². The fraction of sp³-hybridized carbons (Fsp3) is 0.381. The van der Waals surface area contributed by atoms with Crippen LogP contribution in [-0.2, 0) is 4.79 Å². The number of carbonyl (C=O) groups excluding carboxylic acids is 2. The van der Waals surface area contributed by atoms with Crippen molar-refractivity contribution in [2.75, 3.05) is 17.9 Å². The molecule has 1 saturated carbocycles. The lowest BCUT2D eigenvalue weighted by Gasteiger charge is -2.26. The van der Waals surface area contributed by atoms with Crippen molar-refractivity contribution in [3.8, 4) is 11.5 Å². The summed E-state index contributed by atoms with van der Waals surface area (Å²) < 4.78 is 10.6. The van der Waals surface area contributed by atoms with Gasteiger partial charge in [0, 0.05) is 24.0 Å². The van der Waals surface area contributed by atoms with Crippen molar-refractivity contribution in [2.24, 2.45) is 0 Å². The number of hydrogen-bond donors (Lipinski definition) is 3. The Balaban J connectivity index is 1.33. The normalized spacial score (nSPS) is 19.9. The molecule has 2 amide bonds. The lowest BCUT2D eigenvalue weighted by molar-refractivity contribution is -0.113. The number of pyridine rings is 1. The number of nitrogens with one attached hydrogen (secondary N) is 2. The minimum atomic E-state index is -0.272. The van der Waals surface area contributed by atoms with Gasteiger partial charge < -0.3 is 25.2 Å². The lowest BCUT2D eigenvalue weighted by atomic mass is 9.93. The zero-order valence-electron chi connectivity index (χ0n) is 16.3. The van der Waals surface area contributed by atoms with Crippen LogP contribution in [0.2, 0.25) is 0 Å². The molecule has 30 heavy (non-hydrogen) atoms. The van der Waals surface area contributed by atoms with Crippen LogP contribution in [-0.4, -0.2) is 46.6 Å². The molecule has 1 aromatic heterocycles. The molecule has 158 valence electrons. The third-order valence-corrected chi connectivity index (χ3v) is 6.05. The highest BCUT2D eigenvalue weighted by molar-refractivity contribution is 8.00. The molecule has 3 N–H and O–H groups in total. The summed E-state index contributed by atoms with van der Waals surface area (Å²) >= 11 is 1.21. The van der Waals surface area contributed by atoms with Gasteiger partial charge >= 0.3 is 0 Å². The first-order chi connectivity index (χ1) is 14.6. The molecule has 9 heteroatoms. The quantitative estimate of drug-likeness (QED) is 0.606. The predicted molar refractivity (Wildman–Crippen MR) is 112 cm³/mol. The number of anilines is 1. The molecule has 0 unspecified atom stereocenters. The smallest absolute Gasteiger partial charge is 0.254 e. The van der Waals surface area contributed by atoms with E-state index in [0.717, 1.165) is 12.8 Å². The van der Waals surface area contributed by atoms with Crippen molar-refractivity contribution >= 4 is 29.3 Å². The predicted octanol–water partition coefficient (Wildman–Crippen LogP) is 2.57. The van der Waals surface area contributed by atoms with E-state index in [1.54, 1.807) is 36.5 Å². The number of hydrogen-bond acceptors (Lipinski definition) is 7. The van der Waals surface area contributed by atoms with Gasteiger partial charge in [-0.1, -0.05) is 11.8 Å². The van der Waals surface area contributed by atoms with Crippen LogP contribution in [0.15, 0.2) is 41.6 Å². The Morgan fingerprint density at radius 3 is 2.77 bits per heavy atom. The SMILES string of the molecule is O=C(CSc1ncccc1C(=O)NC1CCC(O)CC1)Nc1ccc2c(c1)OCO2. The zero-order chi connectivity index (χ0) is 20.9. The Labute approximate surface area is 178 Å². The Kier molecular flexibility index (Phi) is 6.39. The highest BCUT2D eigenvalue weighted by Gasteiger charge is 2.23. The van der Waals surface area contributed by atoms with Crippen LogP contribution < -0.4 is 20.1 Å². The van der Waals surface area contributed by atoms with Gasteiger partial charge in [0.2, 0.25) is 12.7 Å². The minimum Gasteiger partial charge on any atom is -0.454 e. The maximum Gasteiger partial charge on any atom is 0.254 e. The van der Waals surface area contributed by atoms with Crippen LogP contribution in [0, 0.1) is 0 Å². The number of thioether (sulfide) groups is 1. The van der Waals surface area contributed by atoms with Gasteiger partial charge in [-0.05, 0) is 49.9 Å². The van der Waals surface area contributed by atoms with Crippen LogP contribution in [0.1, 0.15) is 36.0 Å². The van der Waals surface area contributed by atoms with Crippen LogP contribution >= 0.6 is 11.8 Å². The van der Waals surface area contributed by atoms with Crippen molar-refractivity contribution in [1.82, 2.24) is 10.3 Å². The third kappa shape index (κ3) is 5.03. The second kappa shape index (κ2) is 9.36. The topological polar surface area (TPSA) is 110 Å². The van der Waals surface area contributed by atoms with Crippen molar-refractivity contribution < 1.29 is 24.2 Å². The van der Waals surface area contributed by atoms with E-state index in [1.807, 2.05) is 0 Å². The van der Waals surface area contributed by atoms with Crippen molar-refractivity contribution in [1.29, 1.82) is 0 Å². The first-order valence-electron chi connectivity index (χ1n) is 9.85. The molecule has 1 aliphatic carbocycles. The standard InChI is InChI=1S/C21H23N3O5S/c25-15-6-3-13(4-7-15)24-20(27)16-2-1-9-22-21(16)30-11-19(26)23-14-5-8-17-18(10-14)29-12-28-17/h1-2,5,8-10,13,15,25H,3-4,6-7,11-12H2,(H,23,26)(H,24,27). The molecule has 1 aliphatic heterocycles. The number of benzene rings is 1. The molecule has 0 bridgehead atoms. The second-order valence-electron chi connectivity index (χ2n) is 7.24. The molecule has 1 fully saturated rings. The number of fused-ring (bicyclic) bond motifs is 1. The van der Waals surface area contributed by atoms with Gasteiger partial charge in [0.1, 0.15) is 5.03 Å². The average Bonchev–Trinajstić information content (AvgIpc) is 3.22. The van der Waals surface area contributed by atoms with Gasteiger partial charge in [-0.2, -0.15) is 0 Å². The molecule has 0 radical (unpaired) electrons. The summed E-state index contributed by atoms with van der Waals surface area (Å²) in [5.74, 6) is 0.945. The first-order valence-corrected chi connectivity index (χ1v) is 10.8. The molecule has 0 spiro atoms. The number of amides is 2. The molecule has 2 aliphatic rings. The summed E-state index contributed by atoms with van der Waals surface area (Å²) in [6.07, 6.45) is 4.23. The molecule has 8 nitrogen and oxygen atoms in total. The second-order valence-corrected chi connectivity index (χ2v) is 8.20. The van der Waals surface area contributed by atoms with Gasteiger partial charge in [-0.15, -0.1) is 0 Å². The fourth-order valence-electron chi connectivity index (χ4n) is 3.47. The fourth-order valence-corrected chi connectivity index (χ4v) is 4.26. The number of aromatic nitrogens is 1. The largest absolute Gasteiger partial charge is 0.454 e.